The fourth-order valence-corrected chi connectivity index (χ4v) is 5.99. The van der Waals surface area contributed by atoms with Crippen LogP contribution in [0.2, 0.25) is 0 Å². The summed E-state index contributed by atoms with van der Waals surface area (Å²) in [4.78, 5) is 31.2. The molecule has 5 rings (SSSR count). The number of carboxylic acids is 1. The average molecular weight is 467 g/mol. The fraction of sp³-hybridized carbons (Fsp3) is 0.500. The monoisotopic (exact) mass is 466 g/mol. The van der Waals surface area contributed by atoms with Crippen molar-refractivity contribution in [3.8, 4) is 11.6 Å². The van der Waals surface area contributed by atoms with Crippen LogP contribution in [0.25, 0.3) is 0 Å². The summed E-state index contributed by atoms with van der Waals surface area (Å²) in [5.41, 5.74) is 0.208. The first-order valence-electron chi connectivity index (χ1n) is 11.8. The number of pyridine rings is 1. The van der Waals surface area contributed by atoms with Crippen molar-refractivity contribution in [1.82, 2.24) is 9.88 Å². The van der Waals surface area contributed by atoms with E-state index in [1.54, 1.807) is 18.3 Å². The highest BCUT2D eigenvalue weighted by Gasteiger charge is 2.57. The van der Waals surface area contributed by atoms with Crippen molar-refractivity contribution in [1.29, 1.82) is 0 Å². The van der Waals surface area contributed by atoms with Crippen LogP contribution in [0.1, 0.15) is 61.1 Å². The maximum Gasteiger partial charge on any atom is 0.303 e. The number of aliphatic carboxylic acids is 1. The Kier molecular flexibility index (Phi) is 5.72. The molecule has 8 heteroatoms. The van der Waals surface area contributed by atoms with Gasteiger partial charge in [-0.2, -0.15) is 0 Å². The standard InChI is InChI=1S/C26H30N2O6/c1-25(12-10-21(29)30)19-15-26(16-33-22(19)17-7-3-4-9-20(17)34-25)11-6-14-28(26)24(31)18-8-5-13-27-23(18)32-2/h3-5,7-9,13,19,22H,6,10-12,14-16H2,1-2H3,(H,29,30)/t19-,22+,25+,26+/m1/s1. The van der Waals surface area contributed by atoms with Crippen LogP contribution in [0.15, 0.2) is 42.6 Å². The number of carbonyl (C=O) groups excluding carboxylic acids is 1. The molecule has 2 saturated heterocycles. The molecule has 1 amide bonds. The first-order chi connectivity index (χ1) is 16.4. The van der Waals surface area contributed by atoms with Crippen molar-refractivity contribution in [2.24, 2.45) is 5.92 Å². The van der Waals surface area contributed by atoms with E-state index in [9.17, 15) is 14.7 Å². The molecule has 1 N–H and O–H groups in total. The van der Waals surface area contributed by atoms with E-state index in [1.165, 1.54) is 7.11 Å². The lowest BCUT2D eigenvalue weighted by atomic mass is 9.68. The SMILES string of the molecule is COc1ncccc1C(=O)N1CCC[C@]12CO[C@H]1c3ccccc3O[C@@](C)(CCC(=O)O)[C@@H]1C2. The molecule has 0 radical (unpaired) electrons. The molecular weight excluding hydrogens is 436 g/mol. The normalized spacial score (nSPS) is 29.8. The number of carbonyl (C=O) groups is 2. The van der Waals surface area contributed by atoms with E-state index < -0.39 is 17.1 Å². The highest BCUT2D eigenvalue weighted by molar-refractivity contribution is 5.97. The second kappa shape index (κ2) is 8.58. The summed E-state index contributed by atoms with van der Waals surface area (Å²) in [5, 5.41) is 9.39. The third kappa shape index (κ3) is 3.70. The van der Waals surface area contributed by atoms with E-state index in [0.717, 1.165) is 24.2 Å². The Morgan fingerprint density at radius 3 is 2.88 bits per heavy atom. The van der Waals surface area contributed by atoms with Gasteiger partial charge < -0.3 is 24.2 Å². The molecule has 3 aliphatic rings. The zero-order valence-electron chi connectivity index (χ0n) is 19.5. The number of methoxy groups -OCH3 is 1. The lowest BCUT2D eigenvalue weighted by Crippen LogP contribution is -2.60. The topological polar surface area (TPSA) is 98.2 Å². The molecule has 0 aliphatic carbocycles. The predicted octanol–water partition coefficient (Wildman–Crippen LogP) is 3.86. The van der Waals surface area contributed by atoms with E-state index in [4.69, 9.17) is 14.2 Å². The summed E-state index contributed by atoms with van der Waals surface area (Å²) in [6.45, 7) is 3.03. The number of aromatic nitrogens is 1. The third-order valence-electron chi connectivity index (χ3n) is 7.72. The van der Waals surface area contributed by atoms with Crippen molar-refractivity contribution < 1.29 is 28.9 Å². The van der Waals surface area contributed by atoms with E-state index in [0.29, 0.717) is 37.4 Å². The molecule has 2 aromatic rings. The first kappa shape index (κ1) is 22.7. The maximum atomic E-state index is 13.7. The number of amides is 1. The van der Waals surface area contributed by atoms with Gasteiger partial charge in [0, 0.05) is 30.6 Å². The summed E-state index contributed by atoms with van der Waals surface area (Å²) >= 11 is 0. The highest BCUT2D eigenvalue weighted by Crippen LogP contribution is 2.55. The van der Waals surface area contributed by atoms with Crippen LogP contribution >= 0.6 is 0 Å². The second-order valence-electron chi connectivity index (χ2n) is 9.73. The van der Waals surface area contributed by atoms with Gasteiger partial charge in [0.25, 0.3) is 5.91 Å². The molecule has 1 aromatic carbocycles. The van der Waals surface area contributed by atoms with Crippen molar-refractivity contribution in [3.63, 3.8) is 0 Å². The van der Waals surface area contributed by atoms with E-state index in [-0.39, 0.29) is 24.3 Å². The summed E-state index contributed by atoms with van der Waals surface area (Å²) in [7, 11) is 1.51. The van der Waals surface area contributed by atoms with Gasteiger partial charge in [0.2, 0.25) is 5.88 Å². The molecule has 1 aromatic heterocycles. The van der Waals surface area contributed by atoms with Crippen LogP contribution in [0.5, 0.6) is 11.6 Å². The predicted molar refractivity (Wildman–Crippen MR) is 123 cm³/mol. The van der Waals surface area contributed by atoms with Crippen LogP contribution in [-0.4, -0.2) is 58.3 Å². The first-order valence-corrected chi connectivity index (χ1v) is 11.8. The minimum Gasteiger partial charge on any atom is -0.487 e. The van der Waals surface area contributed by atoms with Crippen molar-refractivity contribution in [2.75, 3.05) is 20.3 Å². The van der Waals surface area contributed by atoms with Gasteiger partial charge in [0.05, 0.1) is 25.4 Å². The maximum absolute atomic E-state index is 13.7. The summed E-state index contributed by atoms with van der Waals surface area (Å²) < 4.78 is 18.4. The number of nitrogens with zero attached hydrogens (tertiary/aromatic N) is 2. The molecule has 0 saturated carbocycles. The van der Waals surface area contributed by atoms with Gasteiger partial charge >= 0.3 is 5.97 Å². The lowest BCUT2D eigenvalue weighted by Gasteiger charge is -2.54. The molecule has 34 heavy (non-hydrogen) atoms. The molecule has 0 unspecified atom stereocenters. The van der Waals surface area contributed by atoms with Crippen molar-refractivity contribution in [3.05, 3.63) is 53.7 Å². The summed E-state index contributed by atoms with van der Waals surface area (Å²) in [6, 6.07) is 11.3. The summed E-state index contributed by atoms with van der Waals surface area (Å²) in [6.07, 6.45) is 4.14. The van der Waals surface area contributed by atoms with Crippen LogP contribution in [-0.2, 0) is 9.53 Å². The van der Waals surface area contributed by atoms with Crippen molar-refractivity contribution in [2.45, 2.75) is 56.3 Å². The third-order valence-corrected chi connectivity index (χ3v) is 7.72. The average Bonchev–Trinajstić information content (AvgIpc) is 3.25. The summed E-state index contributed by atoms with van der Waals surface area (Å²) in [5.74, 6) is -0.0148. The smallest absolute Gasteiger partial charge is 0.303 e. The fourth-order valence-electron chi connectivity index (χ4n) is 5.99. The molecule has 8 nitrogen and oxygen atoms in total. The second-order valence-corrected chi connectivity index (χ2v) is 9.73. The zero-order chi connectivity index (χ0) is 23.9. The van der Waals surface area contributed by atoms with Gasteiger partial charge in [-0.15, -0.1) is 0 Å². The van der Waals surface area contributed by atoms with Gasteiger partial charge in [-0.25, -0.2) is 4.98 Å². The number of ether oxygens (including phenoxy) is 3. The molecule has 2 fully saturated rings. The van der Waals surface area contributed by atoms with Gasteiger partial charge in [-0.1, -0.05) is 18.2 Å². The Balaban J connectivity index is 1.49. The van der Waals surface area contributed by atoms with Crippen LogP contribution in [0.3, 0.4) is 0 Å². The minimum absolute atomic E-state index is 0.00438. The van der Waals surface area contributed by atoms with Crippen LogP contribution in [0.4, 0.5) is 0 Å². The number of para-hydroxylation sites is 1. The van der Waals surface area contributed by atoms with Gasteiger partial charge in [0.15, 0.2) is 0 Å². The Labute approximate surface area is 198 Å². The number of carboxylic acid groups (broad SMARTS) is 1. The molecule has 180 valence electrons. The molecule has 4 atom stereocenters. The largest absolute Gasteiger partial charge is 0.487 e. The van der Waals surface area contributed by atoms with Crippen LogP contribution < -0.4 is 9.47 Å². The van der Waals surface area contributed by atoms with E-state index >= 15 is 0 Å². The number of rotatable bonds is 5. The van der Waals surface area contributed by atoms with Crippen molar-refractivity contribution >= 4 is 11.9 Å². The van der Waals surface area contributed by atoms with Gasteiger partial charge in [-0.05, 0) is 50.8 Å². The number of hydrogen-bond donors (Lipinski definition) is 1. The number of likely N-dealkylation sites (tertiary alicyclic amines) is 1. The highest BCUT2D eigenvalue weighted by atomic mass is 16.5. The van der Waals surface area contributed by atoms with Crippen LogP contribution in [0, 0.1) is 5.92 Å². The van der Waals surface area contributed by atoms with Gasteiger partial charge in [0.1, 0.15) is 16.9 Å². The molecular formula is C26H30N2O6. The number of fused-ring (bicyclic) bond motifs is 3. The zero-order valence-corrected chi connectivity index (χ0v) is 19.5. The molecule has 1 spiro atoms. The quantitative estimate of drug-likeness (QED) is 0.714. The number of hydrogen-bond acceptors (Lipinski definition) is 6. The van der Waals surface area contributed by atoms with E-state index in [1.807, 2.05) is 36.1 Å². The molecule has 4 heterocycles. The van der Waals surface area contributed by atoms with Gasteiger partial charge in [-0.3, -0.25) is 9.59 Å². The minimum atomic E-state index is -0.854. The Hall–Kier alpha value is -3.13. The number of benzene rings is 1. The molecule has 0 bridgehead atoms. The molecule has 3 aliphatic heterocycles. The Morgan fingerprint density at radius 1 is 1.26 bits per heavy atom. The Bertz CT molecular complexity index is 1110. The van der Waals surface area contributed by atoms with E-state index in [2.05, 4.69) is 4.98 Å². The Morgan fingerprint density at radius 2 is 2.09 bits per heavy atom. The lowest BCUT2D eigenvalue weighted by molar-refractivity contribution is -0.169.